The SMILES string of the molecule is CCC(CNC(=S)N=C1SCC(=O)N1c1cc(Cl)ccc1OCC(F)(F)F)c1ccc(-c2ncn(-c3ccc(OC(F)(F)F)cc3)n2)cc1. The van der Waals surface area contributed by atoms with Crippen LogP contribution in [0.15, 0.2) is 78.0 Å². The predicted octanol–water partition coefficient (Wildman–Crippen LogP) is 7.93. The monoisotopic (exact) mass is 742 g/mol. The Kier molecular flexibility index (Phi) is 11.0. The molecule has 258 valence electrons. The number of hydrogen-bond donors (Lipinski definition) is 1. The standard InChI is InChI=1S/C31H25ClF6N6O3S2/c1-2-18(19-3-5-20(6-4-19)27-40-17-43(42-27)22-8-10-23(11-9-22)47-31(36,37)38)14-39-28(48)41-29-44(26(45)15-49-29)24-13-21(32)7-12-25(24)46-16-30(33,34)35/h3-13,17-18H,2,14-16H2,1H3,(H,39,48). The smallest absolute Gasteiger partial charge is 0.482 e. The number of aliphatic imine (C=N–C) groups is 1. The summed E-state index contributed by atoms with van der Waals surface area (Å²) >= 11 is 12.6. The number of aromatic nitrogens is 3. The van der Waals surface area contributed by atoms with Crippen LogP contribution in [0.4, 0.5) is 32.0 Å². The lowest BCUT2D eigenvalue weighted by Crippen LogP contribution is -2.32. The number of nitrogens with one attached hydrogen (secondary N) is 1. The van der Waals surface area contributed by atoms with Crippen LogP contribution in [-0.2, 0) is 4.79 Å². The molecular formula is C31H25ClF6N6O3S2. The van der Waals surface area contributed by atoms with Gasteiger partial charge >= 0.3 is 12.5 Å². The van der Waals surface area contributed by atoms with Crippen molar-refractivity contribution in [1.82, 2.24) is 20.1 Å². The molecular weight excluding hydrogens is 718 g/mol. The molecule has 49 heavy (non-hydrogen) atoms. The van der Waals surface area contributed by atoms with Gasteiger partial charge in [-0.05, 0) is 66.7 Å². The van der Waals surface area contributed by atoms with E-state index in [1.807, 2.05) is 31.2 Å². The Morgan fingerprint density at radius 3 is 2.45 bits per heavy atom. The fourth-order valence-electron chi connectivity index (χ4n) is 4.69. The molecule has 1 fully saturated rings. The van der Waals surface area contributed by atoms with E-state index in [2.05, 4.69) is 25.1 Å². The number of carbonyl (C=O) groups excluding carboxylic acids is 1. The van der Waals surface area contributed by atoms with Crippen LogP contribution in [-0.4, -0.2) is 62.4 Å². The summed E-state index contributed by atoms with van der Waals surface area (Å²) in [5, 5.41) is 7.94. The first-order chi connectivity index (χ1) is 23.2. The normalized spacial score (nSPS) is 15.1. The van der Waals surface area contributed by atoms with E-state index in [9.17, 15) is 31.1 Å². The summed E-state index contributed by atoms with van der Waals surface area (Å²) < 4.78 is 86.1. The molecule has 4 aromatic rings. The molecule has 0 radical (unpaired) electrons. The summed E-state index contributed by atoms with van der Waals surface area (Å²) in [5.41, 5.74) is 2.21. The summed E-state index contributed by atoms with van der Waals surface area (Å²) in [7, 11) is 0. The lowest BCUT2D eigenvalue weighted by atomic mass is 9.95. The third-order valence-electron chi connectivity index (χ3n) is 6.98. The summed E-state index contributed by atoms with van der Waals surface area (Å²) in [5.74, 6) is -0.560. The second-order valence-electron chi connectivity index (χ2n) is 10.4. The zero-order chi connectivity index (χ0) is 35.3. The molecule has 5 rings (SSSR count). The van der Waals surface area contributed by atoms with Gasteiger partial charge in [0.1, 0.15) is 17.8 Å². The molecule has 9 nitrogen and oxygen atoms in total. The lowest BCUT2D eigenvalue weighted by Gasteiger charge is -2.21. The average Bonchev–Trinajstić information content (AvgIpc) is 3.67. The van der Waals surface area contributed by atoms with E-state index in [0.717, 1.165) is 28.6 Å². The van der Waals surface area contributed by atoms with Crippen molar-refractivity contribution < 1.29 is 40.6 Å². The second-order valence-corrected chi connectivity index (χ2v) is 12.2. The second kappa shape index (κ2) is 15.0. The first kappa shape index (κ1) is 35.9. The van der Waals surface area contributed by atoms with Crippen LogP contribution >= 0.6 is 35.6 Å². The van der Waals surface area contributed by atoms with Crippen molar-refractivity contribution in [3.63, 3.8) is 0 Å². The van der Waals surface area contributed by atoms with Crippen LogP contribution in [0.2, 0.25) is 5.02 Å². The van der Waals surface area contributed by atoms with Crippen LogP contribution in [0.25, 0.3) is 17.1 Å². The first-order valence-electron chi connectivity index (χ1n) is 14.4. The first-order valence-corrected chi connectivity index (χ1v) is 16.2. The van der Waals surface area contributed by atoms with Crippen LogP contribution in [0.5, 0.6) is 11.5 Å². The molecule has 0 aliphatic carbocycles. The van der Waals surface area contributed by atoms with Gasteiger partial charge in [0.25, 0.3) is 0 Å². The average molecular weight is 743 g/mol. The highest BCUT2D eigenvalue weighted by molar-refractivity contribution is 8.15. The van der Waals surface area contributed by atoms with Gasteiger partial charge in [0.05, 0.1) is 17.1 Å². The Hall–Kier alpha value is -4.35. The number of benzene rings is 3. The summed E-state index contributed by atoms with van der Waals surface area (Å²) in [6.07, 6.45) is -7.19. The van der Waals surface area contributed by atoms with Crippen molar-refractivity contribution in [2.24, 2.45) is 4.99 Å². The summed E-state index contributed by atoms with van der Waals surface area (Å²) in [6, 6.07) is 16.7. The van der Waals surface area contributed by atoms with E-state index in [-0.39, 0.29) is 44.2 Å². The molecule has 1 unspecified atom stereocenters. The highest BCUT2D eigenvalue weighted by Crippen LogP contribution is 2.37. The van der Waals surface area contributed by atoms with Gasteiger partial charge < -0.3 is 14.8 Å². The van der Waals surface area contributed by atoms with Crippen molar-refractivity contribution in [1.29, 1.82) is 0 Å². The number of thioether (sulfide) groups is 1. The zero-order valence-corrected chi connectivity index (χ0v) is 27.6. The molecule has 1 atom stereocenters. The molecule has 0 saturated carbocycles. The molecule has 1 N–H and O–H groups in total. The molecule has 2 heterocycles. The fraction of sp³-hybridized carbons (Fsp3) is 0.258. The number of amidine groups is 1. The van der Waals surface area contributed by atoms with Gasteiger partial charge in [0, 0.05) is 23.0 Å². The van der Waals surface area contributed by atoms with Gasteiger partial charge in [-0.25, -0.2) is 9.67 Å². The summed E-state index contributed by atoms with van der Waals surface area (Å²) in [4.78, 5) is 22.6. The van der Waals surface area contributed by atoms with E-state index in [1.165, 1.54) is 53.5 Å². The molecule has 3 aromatic carbocycles. The maximum absolute atomic E-state index is 12.8. The van der Waals surface area contributed by atoms with Gasteiger partial charge in [0.2, 0.25) is 5.91 Å². The maximum Gasteiger partial charge on any atom is 0.573 e. The van der Waals surface area contributed by atoms with Crippen molar-refractivity contribution >= 4 is 57.5 Å². The lowest BCUT2D eigenvalue weighted by molar-refractivity contribution is -0.274. The van der Waals surface area contributed by atoms with Gasteiger partial charge in [-0.1, -0.05) is 54.6 Å². The van der Waals surface area contributed by atoms with Crippen molar-refractivity contribution in [3.05, 3.63) is 83.6 Å². The number of thiocarbonyl (C=S) groups is 1. The largest absolute Gasteiger partial charge is 0.573 e. The Labute approximate surface area is 290 Å². The van der Waals surface area contributed by atoms with Crippen molar-refractivity contribution in [3.8, 4) is 28.6 Å². The third kappa shape index (κ3) is 9.64. The number of halogens is 7. The number of ether oxygens (including phenoxy) is 2. The predicted molar refractivity (Wildman–Crippen MR) is 177 cm³/mol. The number of hydrogen-bond acceptors (Lipinski definition) is 7. The van der Waals surface area contributed by atoms with E-state index >= 15 is 0 Å². The molecule has 1 amide bonds. The molecule has 1 saturated heterocycles. The highest BCUT2D eigenvalue weighted by Gasteiger charge is 2.34. The minimum absolute atomic E-state index is 0.000541. The van der Waals surface area contributed by atoms with Crippen LogP contribution in [0, 0.1) is 0 Å². The van der Waals surface area contributed by atoms with E-state index in [4.69, 9.17) is 28.6 Å². The van der Waals surface area contributed by atoms with Gasteiger partial charge in [-0.15, -0.1) is 18.3 Å². The number of carbonyl (C=O) groups is 1. The van der Waals surface area contributed by atoms with Crippen molar-refractivity contribution in [2.45, 2.75) is 31.8 Å². The van der Waals surface area contributed by atoms with Crippen LogP contribution < -0.4 is 19.7 Å². The Bertz CT molecular complexity index is 1840. The van der Waals surface area contributed by atoms with E-state index in [0.29, 0.717) is 23.6 Å². The number of anilines is 1. The van der Waals surface area contributed by atoms with Gasteiger partial charge in [-0.3, -0.25) is 9.69 Å². The highest BCUT2D eigenvalue weighted by atomic mass is 35.5. The molecule has 1 aliphatic heterocycles. The third-order valence-corrected chi connectivity index (χ3v) is 8.37. The number of nitrogens with zero attached hydrogens (tertiary/aromatic N) is 5. The molecule has 1 aliphatic rings. The molecule has 0 spiro atoms. The maximum atomic E-state index is 12.8. The fourth-order valence-corrected chi connectivity index (χ4v) is 5.95. The number of amides is 1. The van der Waals surface area contributed by atoms with Gasteiger partial charge in [0.15, 0.2) is 22.7 Å². The number of rotatable bonds is 10. The molecule has 0 bridgehead atoms. The minimum atomic E-state index is -4.79. The van der Waals surface area contributed by atoms with Gasteiger partial charge in [-0.2, -0.15) is 18.2 Å². The summed E-state index contributed by atoms with van der Waals surface area (Å²) in [6.45, 7) is 0.838. The van der Waals surface area contributed by atoms with E-state index in [1.54, 1.807) is 0 Å². The zero-order valence-electron chi connectivity index (χ0n) is 25.3. The minimum Gasteiger partial charge on any atom is -0.482 e. The van der Waals surface area contributed by atoms with Crippen molar-refractivity contribution in [2.75, 3.05) is 23.8 Å². The molecule has 18 heteroatoms. The van der Waals surface area contributed by atoms with Crippen LogP contribution in [0.1, 0.15) is 24.8 Å². The van der Waals surface area contributed by atoms with Crippen LogP contribution in [0.3, 0.4) is 0 Å². The number of alkyl halides is 6. The Morgan fingerprint density at radius 2 is 1.80 bits per heavy atom. The molecule has 1 aromatic heterocycles. The topological polar surface area (TPSA) is 93.9 Å². The van der Waals surface area contributed by atoms with E-state index < -0.39 is 25.1 Å². The Balaban J connectivity index is 1.23. The quantitative estimate of drug-likeness (QED) is 0.129. The Morgan fingerprint density at radius 1 is 1.08 bits per heavy atom.